The molecule has 20 heavy (non-hydrogen) atoms. The molecule has 0 spiro atoms. The van der Waals surface area contributed by atoms with Crippen LogP contribution in [0.15, 0.2) is 41.4 Å². The second kappa shape index (κ2) is 5.40. The van der Waals surface area contributed by atoms with Crippen molar-refractivity contribution in [3.63, 3.8) is 0 Å². The first kappa shape index (κ1) is 12.8. The predicted molar refractivity (Wildman–Crippen MR) is 79.0 cm³/mol. The largest absolute Gasteiger partial charge is 0.507 e. The van der Waals surface area contributed by atoms with E-state index in [-0.39, 0.29) is 11.6 Å². The van der Waals surface area contributed by atoms with Crippen molar-refractivity contribution in [2.45, 2.75) is 0 Å². The monoisotopic (exact) mass is 303 g/mol. The van der Waals surface area contributed by atoms with Gasteiger partial charge in [-0.25, -0.2) is 4.98 Å². The molecule has 0 aliphatic rings. The number of rotatable bonds is 4. The van der Waals surface area contributed by atoms with Crippen LogP contribution in [0.2, 0.25) is 0 Å². The quantitative estimate of drug-likeness (QED) is 0.440. The molecule has 0 amide bonds. The summed E-state index contributed by atoms with van der Waals surface area (Å²) in [6.07, 6.45) is 2.40. The molecule has 0 atom stereocenters. The summed E-state index contributed by atoms with van der Waals surface area (Å²) in [6, 6.07) is 5.72. The van der Waals surface area contributed by atoms with Crippen LogP contribution in [0.25, 0.3) is 15.5 Å². The third-order valence-corrected chi connectivity index (χ3v) is 4.57. The van der Waals surface area contributed by atoms with Gasteiger partial charge in [-0.3, -0.25) is 9.89 Å². The van der Waals surface area contributed by atoms with Gasteiger partial charge in [0.05, 0.1) is 4.88 Å². The van der Waals surface area contributed by atoms with Gasteiger partial charge in [-0.05, 0) is 22.9 Å². The molecule has 2 N–H and O–H groups in total. The van der Waals surface area contributed by atoms with Crippen molar-refractivity contribution >= 4 is 34.2 Å². The number of carbonyl (C=O) groups is 1. The summed E-state index contributed by atoms with van der Waals surface area (Å²) in [7, 11) is 0. The first-order chi connectivity index (χ1) is 9.75. The molecular formula is C13H9N3O2S2. The van der Waals surface area contributed by atoms with Gasteiger partial charge in [-0.1, -0.05) is 6.07 Å². The lowest BCUT2D eigenvalue weighted by molar-refractivity contribution is 0.103. The van der Waals surface area contributed by atoms with E-state index in [0.717, 1.165) is 15.8 Å². The van der Waals surface area contributed by atoms with Crippen molar-refractivity contribution in [2.24, 2.45) is 0 Å². The number of aliphatic hydroxyl groups is 1. The lowest BCUT2D eigenvalue weighted by Gasteiger charge is -2.00. The van der Waals surface area contributed by atoms with Gasteiger partial charge in [0.25, 0.3) is 0 Å². The Morgan fingerprint density at radius 1 is 1.30 bits per heavy atom. The number of aromatic amines is 1. The maximum Gasteiger partial charge on any atom is 0.226 e. The molecule has 0 aliphatic carbocycles. The molecule has 0 aliphatic heterocycles. The lowest BCUT2D eigenvalue weighted by atomic mass is 10.1. The van der Waals surface area contributed by atoms with Crippen molar-refractivity contribution in [1.29, 1.82) is 0 Å². The van der Waals surface area contributed by atoms with Gasteiger partial charge in [-0.15, -0.1) is 22.7 Å². The highest BCUT2D eigenvalue weighted by molar-refractivity contribution is 7.20. The number of carbonyl (C=O) groups excluding carboxylic acids is 1. The lowest BCUT2D eigenvalue weighted by Crippen LogP contribution is -1.99. The average Bonchev–Trinajstić information content (AvgIpc) is 3.19. The van der Waals surface area contributed by atoms with E-state index >= 15 is 0 Å². The summed E-state index contributed by atoms with van der Waals surface area (Å²) in [4.78, 5) is 17.6. The molecule has 100 valence electrons. The van der Waals surface area contributed by atoms with E-state index in [1.165, 1.54) is 17.7 Å². The van der Waals surface area contributed by atoms with Crippen LogP contribution in [0.4, 0.5) is 0 Å². The van der Waals surface area contributed by atoms with Crippen LogP contribution >= 0.6 is 22.7 Å². The van der Waals surface area contributed by atoms with Gasteiger partial charge < -0.3 is 5.11 Å². The topological polar surface area (TPSA) is 78.9 Å². The standard InChI is InChI=1S/C13H9N3O2S2/c17-9(6-10(18)13-14-7-15-16-13)8-3-5-20-12(8)11-2-1-4-19-11/h1-7,17H,(H,14,15,16). The molecular weight excluding hydrogens is 294 g/mol. The number of aliphatic hydroxyl groups excluding tert-OH is 1. The zero-order valence-corrected chi connectivity index (χ0v) is 11.7. The Balaban J connectivity index is 1.94. The smallest absolute Gasteiger partial charge is 0.226 e. The van der Waals surface area contributed by atoms with Crippen LogP contribution in [0.3, 0.4) is 0 Å². The Bertz CT molecular complexity index is 743. The van der Waals surface area contributed by atoms with Gasteiger partial charge in [0, 0.05) is 16.5 Å². The average molecular weight is 303 g/mol. The summed E-state index contributed by atoms with van der Waals surface area (Å²) in [5, 5.41) is 20.1. The third-order valence-electron chi connectivity index (χ3n) is 2.60. The minimum atomic E-state index is -0.414. The maximum absolute atomic E-state index is 11.8. The fraction of sp³-hybridized carbons (Fsp3) is 0. The van der Waals surface area contributed by atoms with E-state index in [4.69, 9.17) is 0 Å². The first-order valence-corrected chi connectivity index (χ1v) is 7.44. The van der Waals surface area contributed by atoms with Crippen LogP contribution in [-0.4, -0.2) is 26.1 Å². The molecule has 3 rings (SSSR count). The van der Waals surface area contributed by atoms with Crippen LogP contribution in [0.1, 0.15) is 16.2 Å². The summed E-state index contributed by atoms with van der Waals surface area (Å²) in [6.45, 7) is 0. The molecule has 0 saturated carbocycles. The van der Waals surface area contributed by atoms with Crippen molar-refractivity contribution in [1.82, 2.24) is 15.2 Å². The van der Waals surface area contributed by atoms with Crippen LogP contribution < -0.4 is 0 Å². The first-order valence-electron chi connectivity index (χ1n) is 5.68. The molecule has 0 unspecified atom stereocenters. The zero-order chi connectivity index (χ0) is 13.9. The minimum absolute atomic E-state index is 0.0731. The van der Waals surface area contributed by atoms with Crippen LogP contribution in [-0.2, 0) is 0 Å². The molecule has 0 bridgehead atoms. The molecule has 0 radical (unpaired) electrons. The Morgan fingerprint density at radius 2 is 2.20 bits per heavy atom. The number of hydrogen-bond donors (Lipinski definition) is 2. The van der Waals surface area contributed by atoms with Gasteiger partial charge >= 0.3 is 0 Å². The Morgan fingerprint density at radius 3 is 2.90 bits per heavy atom. The predicted octanol–water partition coefficient (Wildman–Crippen LogP) is 3.38. The van der Waals surface area contributed by atoms with Gasteiger partial charge in [-0.2, -0.15) is 5.10 Å². The SMILES string of the molecule is O=C(C=C(O)c1ccsc1-c1cccs1)c1ncn[nH]1. The number of nitrogens with zero attached hydrogens (tertiary/aromatic N) is 2. The Kier molecular flexibility index (Phi) is 3.44. The summed E-state index contributed by atoms with van der Waals surface area (Å²) < 4.78 is 0. The highest BCUT2D eigenvalue weighted by atomic mass is 32.1. The molecule has 3 heterocycles. The fourth-order valence-electron chi connectivity index (χ4n) is 1.70. The number of ketones is 1. The number of H-pyrrole nitrogens is 1. The second-order valence-corrected chi connectivity index (χ2v) is 5.73. The minimum Gasteiger partial charge on any atom is -0.507 e. The molecule has 3 aromatic rings. The summed E-state index contributed by atoms with van der Waals surface area (Å²) in [5.74, 6) is -0.385. The number of hydrogen-bond acceptors (Lipinski definition) is 6. The highest BCUT2D eigenvalue weighted by Gasteiger charge is 2.14. The molecule has 5 nitrogen and oxygen atoms in total. The Labute approximate surface area is 122 Å². The fourth-order valence-corrected chi connectivity index (χ4v) is 3.49. The molecule has 7 heteroatoms. The van der Waals surface area contributed by atoms with Crippen LogP contribution in [0.5, 0.6) is 0 Å². The van der Waals surface area contributed by atoms with E-state index in [9.17, 15) is 9.90 Å². The second-order valence-electron chi connectivity index (χ2n) is 3.87. The summed E-state index contributed by atoms with van der Waals surface area (Å²) >= 11 is 3.11. The molecule has 0 fully saturated rings. The summed E-state index contributed by atoms with van der Waals surface area (Å²) in [5.41, 5.74) is 0.644. The van der Waals surface area contributed by atoms with E-state index in [1.807, 2.05) is 22.9 Å². The van der Waals surface area contributed by atoms with E-state index in [1.54, 1.807) is 17.4 Å². The number of aromatic nitrogens is 3. The van der Waals surface area contributed by atoms with Crippen molar-refractivity contribution in [3.8, 4) is 9.75 Å². The molecule has 3 aromatic heterocycles. The van der Waals surface area contributed by atoms with E-state index in [2.05, 4.69) is 15.2 Å². The number of nitrogens with one attached hydrogen (secondary N) is 1. The van der Waals surface area contributed by atoms with Gasteiger partial charge in [0.2, 0.25) is 5.78 Å². The van der Waals surface area contributed by atoms with Crippen molar-refractivity contribution in [3.05, 3.63) is 52.8 Å². The van der Waals surface area contributed by atoms with E-state index < -0.39 is 5.78 Å². The maximum atomic E-state index is 11.8. The number of allylic oxidation sites excluding steroid dienone is 1. The van der Waals surface area contributed by atoms with Gasteiger partial charge in [0.15, 0.2) is 5.82 Å². The zero-order valence-electron chi connectivity index (χ0n) is 10.1. The van der Waals surface area contributed by atoms with Crippen molar-refractivity contribution in [2.75, 3.05) is 0 Å². The van der Waals surface area contributed by atoms with Gasteiger partial charge in [0.1, 0.15) is 12.1 Å². The van der Waals surface area contributed by atoms with Crippen LogP contribution in [0, 0.1) is 0 Å². The van der Waals surface area contributed by atoms with E-state index in [0.29, 0.717) is 5.56 Å². The number of thiophene rings is 2. The third kappa shape index (κ3) is 2.40. The Hall–Kier alpha value is -2.25. The highest BCUT2D eigenvalue weighted by Crippen LogP contribution is 2.35. The molecule has 0 saturated heterocycles. The van der Waals surface area contributed by atoms with Crippen molar-refractivity contribution < 1.29 is 9.90 Å². The molecule has 0 aromatic carbocycles. The normalized spacial score (nSPS) is 11.7.